The third-order valence-electron chi connectivity index (χ3n) is 7.49. The van der Waals surface area contributed by atoms with Crippen LogP contribution in [0.3, 0.4) is 0 Å². The fourth-order valence-electron chi connectivity index (χ4n) is 5.67. The van der Waals surface area contributed by atoms with Gasteiger partial charge in [0.2, 0.25) is 0 Å². The van der Waals surface area contributed by atoms with E-state index in [4.69, 9.17) is 9.47 Å². The van der Waals surface area contributed by atoms with E-state index in [2.05, 4.69) is 29.6 Å². The third-order valence-corrected chi connectivity index (χ3v) is 8.23. The van der Waals surface area contributed by atoms with E-state index in [0.29, 0.717) is 25.3 Å². The molecule has 1 aliphatic heterocycles. The van der Waals surface area contributed by atoms with Crippen molar-refractivity contribution in [2.45, 2.75) is 58.1 Å². The average molecular weight is 602 g/mol. The fourth-order valence-corrected chi connectivity index (χ4v) is 6.26. The lowest BCUT2D eigenvalue weighted by Gasteiger charge is -2.31. The average Bonchev–Trinajstić information content (AvgIpc) is 3.59. The number of benzene rings is 3. The summed E-state index contributed by atoms with van der Waals surface area (Å²) in [6.07, 6.45) is 0.240. The standard InChI is InChI=1S/C34H39N3O5S/c1-5-43-33(40)37-20-10-19-36(37)31(38)30(21-23-15-17-24(18-16-23)42-34(2,3)4)35-32(39)41-22-29-27-13-8-6-11-25(27)26-12-7-9-14-28(26)29/h6-9,11-18,29-30H,5,10,19-22H2,1-4H3,(H,35,39)/t30-/m0/s1. The first-order valence-corrected chi connectivity index (χ1v) is 15.8. The van der Waals surface area contributed by atoms with Crippen LogP contribution in [-0.2, 0) is 16.0 Å². The maximum Gasteiger partial charge on any atom is 0.407 e. The van der Waals surface area contributed by atoms with Crippen molar-refractivity contribution in [1.29, 1.82) is 0 Å². The zero-order chi connectivity index (χ0) is 30.6. The van der Waals surface area contributed by atoms with Gasteiger partial charge in [-0.3, -0.25) is 9.59 Å². The van der Waals surface area contributed by atoms with E-state index in [1.165, 1.54) is 10.0 Å². The summed E-state index contributed by atoms with van der Waals surface area (Å²) in [7, 11) is 0. The van der Waals surface area contributed by atoms with Crippen molar-refractivity contribution in [3.63, 3.8) is 0 Å². The lowest BCUT2D eigenvalue weighted by molar-refractivity contribution is -0.141. The molecule has 1 N–H and O–H groups in total. The van der Waals surface area contributed by atoms with Crippen molar-refractivity contribution in [1.82, 2.24) is 15.3 Å². The van der Waals surface area contributed by atoms with Crippen LogP contribution < -0.4 is 10.1 Å². The number of hydrogen-bond acceptors (Lipinski definition) is 6. The zero-order valence-corrected chi connectivity index (χ0v) is 26.0. The number of nitrogens with zero attached hydrogens (tertiary/aromatic N) is 2. The molecule has 5 rings (SSSR count). The Morgan fingerprint density at radius 2 is 1.51 bits per heavy atom. The number of carbonyl (C=O) groups is 3. The topological polar surface area (TPSA) is 88.2 Å². The quantitative estimate of drug-likeness (QED) is 0.312. The fraction of sp³-hybridized carbons (Fsp3) is 0.382. The van der Waals surface area contributed by atoms with E-state index >= 15 is 0 Å². The van der Waals surface area contributed by atoms with Crippen molar-refractivity contribution in [2.24, 2.45) is 0 Å². The van der Waals surface area contributed by atoms with Gasteiger partial charge in [-0.25, -0.2) is 14.8 Å². The van der Waals surface area contributed by atoms with Gasteiger partial charge in [-0.2, -0.15) is 0 Å². The van der Waals surface area contributed by atoms with E-state index in [-0.39, 0.29) is 35.7 Å². The molecule has 3 amide bonds. The number of alkyl carbamates (subject to hydrolysis) is 1. The summed E-state index contributed by atoms with van der Waals surface area (Å²) < 4.78 is 11.7. The highest BCUT2D eigenvalue weighted by atomic mass is 32.2. The molecule has 0 spiro atoms. The van der Waals surface area contributed by atoms with E-state index in [9.17, 15) is 14.4 Å². The number of hydrogen-bond donors (Lipinski definition) is 1. The molecule has 1 atom stereocenters. The van der Waals surface area contributed by atoms with Crippen molar-refractivity contribution >= 4 is 29.0 Å². The molecule has 3 aromatic carbocycles. The van der Waals surface area contributed by atoms with Crippen LogP contribution in [0.25, 0.3) is 11.1 Å². The molecule has 43 heavy (non-hydrogen) atoms. The van der Waals surface area contributed by atoms with Crippen molar-refractivity contribution in [3.05, 3.63) is 89.5 Å². The molecule has 0 unspecified atom stereocenters. The van der Waals surface area contributed by atoms with E-state index in [0.717, 1.165) is 45.3 Å². The molecule has 0 saturated carbocycles. The Hall–Kier alpha value is -3.98. The van der Waals surface area contributed by atoms with Gasteiger partial charge in [0.25, 0.3) is 11.1 Å². The van der Waals surface area contributed by atoms with Crippen LogP contribution in [0.5, 0.6) is 5.75 Å². The first-order valence-electron chi connectivity index (χ1n) is 14.8. The lowest BCUT2D eigenvalue weighted by atomic mass is 9.98. The molecule has 0 aromatic heterocycles. The zero-order valence-electron chi connectivity index (χ0n) is 25.2. The van der Waals surface area contributed by atoms with E-state index in [1.807, 2.05) is 76.2 Å². The number of thioether (sulfide) groups is 1. The highest BCUT2D eigenvalue weighted by molar-refractivity contribution is 8.13. The van der Waals surface area contributed by atoms with Crippen LogP contribution in [0.4, 0.5) is 9.59 Å². The molecule has 1 aliphatic carbocycles. The van der Waals surface area contributed by atoms with Gasteiger partial charge in [0.15, 0.2) is 0 Å². The molecule has 226 valence electrons. The highest BCUT2D eigenvalue weighted by Crippen LogP contribution is 2.44. The Balaban J connectivity index is 1.32. The maximum atomic E-state index is 13.9. The van der Waals surface area contributed by atoms with Crippen LogP contribution in [0.1, 0.15) is 56.7 Å². The smallest absolute Gasteiger partial charge is 0.407 e. The predicted octanol–water partition coefficient (Wildman–Crippen LogP) is 6.64. The Morgan fingerprint density at radius 1 is 0.907 bits per heavy atom. The van der Waals surface area contributed by atoms with Crippen LogP contribution in [-0.4, -0.2) is 64.3 Å². The summed E-state index contributed by atoms with van der Waals surface area (Å²) in [6.45, 7) is 8.86. The third kappa shape index (κ3) is 7.16. The second-order valence-corrected chi connectivity index (χ2v) is 12.9. The number of nitrogens with one attached hydrogen (secondary N) is 1. The number of rotatable bonds is 8. The van der Waals surface area contributed by atoms with Crippen molar-refractivity contribution in [2.75, 3.05) is 25.4 Å². The summed E-state index contributed by atoms with van der Waals surface area (Å²) in [4.78, 5) is 39.9. The molecule has 1 saturated heterocycles. The number of ether oxygens (including phenoxy) is 2. The second-order valence-electron chi connectivity index (χ2n) is 11.7. The molecule has 0 radical (unpaired) electrons. The number of hydrazine groups is 1. The SMILES string of the molecule is CCSC(=O)N1CCCN1C(=O)[C@H](Cc1ccc(OC(C)(C)C)cc1)NC(=O)OCC1c2ccccc2-c2ccccc21. The maximum absolute atomic E-state index is 13.9. The van der Waals surface area contributed by atoms with E-state index in [1.54, 1.807) is 0 Å². The molecule has 1 fully saturated rings. The van der Waals surface area contributed by atoms with Gasteiger partial charge in [-0.1, -0.05) is 79.3 Å². The lowest BCUT2D eigenvalue weighted by Crippen LogP contribution is -2.54. The van der Waals surface area contributed by atoms with Crippen molar-refractivity contribution in [3.8, 4) is 16.9 Å². The summed E-state index contributed by atoms with van der Waals surface area (Å²) in [5.74, 6) is 0.893. The predicted molar refractivity (Wildman–Crippen MR) is 169 cm³/mol. The molecule has 8 nitrogen and oxygen atoms in total. The van der Waals surface area contributed by atoms with Gasteiger partial charge in [0, 0.05) is 25.4 Å². The Bertz CT molecular complexity index is 1420. The van der Waals surface area contributed by atoms with Gasteiger partial charge in [0.1, 0.15) is 24.0 Å². The molecular weight excluding hydrogens is 562 g/mol. The summed E-state index contributed by atoms with van der Waals surface area (Å²) in [5.41, 5.74) is 5.01. The van der Waals surface area contributed by atoms with Gasteiger partial charge < -0.3 is 14.8 Å². The van der Waals surface area contributed by atoms with Crippen molar-refractivity contribution < 1.29 is 23.9 Å². The monoisotopic (exact) mass is 601 g/mol. The summed E-state index contributed by atoms with van der Waals surface area (Å²) in [5, 5.41) is 5.62. The highest BCUT2D eigenvalue weighted by Gasteiger charge is 2.36. The molecule has 0 bridgehead atoms. The van der Waals surface area contributed by atoms with Gasteiger partial charge in [-0.05, 0) is 72.9 Å². The van der Waals surface area contributed by atoms with Gasteiger partial charge >= 0.3 is 6.09 Å². The first-order chi connectivity index (χ1) is 20.6. The van der Waals surface area contributed by atoms with Crippen LogP contribution in [0, 0.1) is 0 Å². The molecular formula is C34H39N3O5S. The summed E-state index contributed by atoms with van der Waals surface area (Å²) in [6, 6.07) is 22.9. The molecule has 3 aromatic rings. The number of amides is 3. The van der Waals surface area contributed by atoms with Crippen LogP contribution >= 0.6 is 11.8 Å². The molecule has 2 aliphatic rings. The van der Waals surface area contributed by atoms with Crippen LogP contribution in [0.15, 0.2) is 72.8 Å². The van der Waals surface area contributed by atoms with Gasteiger partial charge in [-0.15, -0.1) is 0 Å². The summed E-state index contributed by atoms with van der Waals surface area (Å²) >= 11 is 1.16. The largest absolute Gasteiger partial charge is 0.488 e. The number of carbonyl (C=O) groups excluding carboxylic acids is 3. The minimum absolute atomic E-state index is 0.0968. The van der Waals surface area contributed by atoms with Crippen LogP contribution in [0.2, 0.25) is 0 Å². The Kier molecular flexibility index (Phi) is 9.30. The second kappa shape index (κ2) is 13.1. The normalized spacial score (nSPS) is 15.1. The Morgan fingerprint density at radius 3 is 2.12 bits per heavy atom. The molecule has 9 heteroatoms. The molecule has 1 heterocycles. The van der Waals surface area contributed by atoms with Gasteiger partial charge in [0.05, 0.1) is 0 Å². The Labute approximate surface area is 257 Å². The number of fused-ring (bicyclic) bond motifs is 3. The first kappa shape index (κ1) is 30.5. The minimum atomic E-state index is -0.926. The minimum Gasteiger partial charge on any atom is -0.488 e. The van der Waals surface area contributed by atoms with E-state index < -0.39 is 12.1 Å².